The number of nitrogens with zero attached hydrogens (tertiary/aromatic N) is 1. The molecule has 0 radical (unpaired) electrons. The number of rotatable bonds is 3. The lowest BCUT2D eigenvalue weighted by atomic mass is 9.95. The van der Waals surface area contributed by atoms with Gasteiger partial charge in [-0.2, -0.15) is 0 Å². The first kappa shape index (κ1) is 16.4. The number of thioether (sulfide) groups is 1. The van der Waals surface area contributed by atoms with Crippen molar-refractivity contribution in [3.8, 4) is 0 Å². The standard InChI is InChI=1S/C14H24N2O4S/c1-8(2)11-16(10(7-21-11)12(17)18)13(19)15-14(4)5-6-20-9(14)3/h8-11H,5-7H2,1-4H3,(H,15,19)(H,17,18). The Labute approximate surface area is 129 Å². The Kier molecular flexibility index (Phi) is 4.72. The zero-order valence-electron chi connectivity index (χ0n) is 13.0. The molecule has 2 saturated heterocycles. The quantitative estimate of drug-likeness (QED) is 0.829. The average molecular weight is 316 g/mol. The molecule has 0 aliphatic carbocycles. The smallest absolute Gasteiger partial charge is 0.327 e. The maximum Gasteiger partial charge on any atom is 0.327 e. The number of amides is 2. The van der Waals surface area contributed by atoms with Crippen LogP contribution in [0.5, 0.6) is 0 Å². The van der Waals surface area contributed by atoms with Crippen molar-refractivity contribution in [1.29, 1.82) is 0 Å². The van der Waals surface area contributed by atoms with Crippen LogP contribution in [0, 0.1) is 5.92 Å². The summed E-state index contributed by atoms with van der Waals surface area (Å²) in [4.78, 5) is 25.6. The maximum atomic E-state index is 12.7. The summed E-state index contributed by atoms with van der Waals surface area (Å²) in [5.74, 6) is -0.300. The molecule has 2 amide bonds. The van der Waals surface area contributed by atoms with Crippen LogP contribution in [0.1, 0.15) is 34.1 Å². The Morgan fingerprint density at radius 3 is 2.62 bits per heavy atom. The Bertz CT molecular complexity index is 431. The summed E-state index contributed by atoms with van der Waals surface area (Å²) in [6.45, 7) is 8.51. The fourth-order valence-electron chi connectivity index (χ4n) is 2.80. The van der Waals surface area contributed by atoms with E-state index in [1.165, 1.54) is 16.7 Å². The molecule has 2 aliphatic heterocycles. The summed E-state index contributed by atoms with van der Waals surface area (Å²) in [5, 5.41) is 12.2. The molecule has 0 spiro atoms. The van der Waals surface area contributed by atoms with E-state index in [2.05, 4.69) is 5.32 Å². The summed E-state index contributed by atoms with van der Waals surface area (Å²) >= 11 is 1.53. The van der Waals surface area contributed by atoms with E-state index in [4.69, 9.17) is 4.74 Å². The highest BCUT2D eigenvalue weighted by Gasteiger charge is 2.46. The van der Waals surface area contributed by atoms with Crippen molar-refractivity contribution in [3.05, 3.63) is 0 Å². The van der Waals surface area contributed by atoms with Crippen molar-refractivity contribution in [2.45, 2.75) is 57.2 Å². The molecule has 120 valence electrons. The number of carboxylic acid groups (broad SMARTS) is 1. The Morgan fingerprint density at radius 2 is 2.14 bits per heavy atom. The van der Waals surface area contributed by atoms with Crippen LogP contribution in [0.4, 0.5) is 4.79 Å². The van der Waals surface area contributed by atoms with Gasteiger partial charge >= 0.3 is 12.0 Å². The number of ether oxygens (including phenoxy) is 1. The minimum atomic E-state index is -0.943. The second-order valence-electron chi connectivity index (χ2n) is 6.34. The van der Waals surface area contributed by atoms with Crippen LogP contribution < -0.4 is 5.32 Å². The highest BCUT2D eigenvalue weighted by Crippen LogP contribution is 2.35. The number of nitrogens with one attached hydrogen (secondary N) is 1. The number of aliphatic carboxylic acids is 1. The molecule has 6 nitrogen and oxygen atoms in total. The van der Waals surface area contributed by atoms with Crippen molar-refractivity contribution in [2.75, 3.05) is 12.4 Å². The van der Waals surface area contributed by atoms with Crippen molar-refractivity contribution in [1.82, 2.24) is 10.2 Å². The van der Waals surface area contributed by atoms with E-state index >= 15 is 0 Å². The molecule has 4 atom stereocenters. The molecule has 0 aromatic heterocycles. The van der Waals surface area contributed by atoms with Crippen molar-refractivity contribution < 1.29 is 19.4 Å². The summed E-state index contributed by atoms with van der Waals surface area (Å²) in [6.07, 6.45) is 0.669. The normalized spacial score (nSPS) is 36.2. The molecule has 7 heteroatoms. The van der Waals surface area contributed by atoms with E-state index in [9.17, 15) is 14.7 Å². The van der Waals surface area contributed by atoms with Gasteiger partial charge in [0.15, 0.2) is 0 Å². The predicted octanol–water partition coefficient (Wildman–Crippen LogP) is 1.75. The second-order valence-corrected chi connectivity index (χ2v) is 7.49. The molecule has 2 fully saturated rings. The molecule has 0 aromatic rings. The fourth-order valence-corrected chi connectivity index (χ4v) is 4.27. The molecule has 0 aromatic carbocycles. The highest BCUT2D eigenvalue weighted by molar-refractivity contribution is 8.00. The number of hydrogen-bond acceptors (Lipinski definition) is 4. The topological polar surface area (TPSA) is 78.9 Å². The molecule has 2 heterocycles. The largest absolute Gasteiger partial charge is 0.480 e. The SMILES string of the molecule is CC(C)C1SCC(C(=O)O)N1C(=O)NC1(C)CCOC1C. The average Bonchev–Trinajstić information content (AvgIpc) is 2.94. The van der Waals surface area contributed by atoms with Gasteiger partial charge in [0.2, 0.25) is 0 Å². The monoisotopic (exact) mass is 316 g/mol. The molecule has 4 unspecified atom stereocenters. The lowest BCUT2D eigenvalue weighted by molar-refractivity contribution is -0.141. The van der Waals surface area contributed by atoms with Crippen molar-refractivity contribution in [3.63, 3.8) is 0 Å². The lowest BCUT2D eigenvalue weighted by Gasteiger charge is -2.35. The minimum Gasteiger partial charge on any atom is -0.480 e. The van der Waals surface area contributed by atoms with Gasteiger partial charge in [-0.15, -0.1) is 11.8 Å². The number of carboxylic acids is 1. The second kappa shape index (κ2) is 6.04. The van der Waals surface area contributed by atoms with Gasteiger partial charge in [0.1, 0.15) is 6.04 Å². The third-order valence-corrected chi connectivity index (χ3v) is 6.02. The lowest BCUT2D eigenvalue weighted by Crippen LogP contribution is -2.59. The molecule has 0 bridgehead atoms. The van der Waals surface area contributed by atoms with Gasteiger partial charge in [-0.05, 0) is 26.2 Å². The first-order valence-corrected chi connectivity index (χ1v) is 8.37. The van der Waals surface area contributed by atoms with E-state index in [1.54, 1.807) is 0 Å². The molecular formula is C14H24N2O4S. The molecule has 2 rings (SSSR count). The van der Waals surface area contributed by atoms with E-state index < -0.39 is 17.6 Å². The molecular weight excluding hydrogens is 292 g/mol. The number of urea groups is 1. The van der Waals surface area contributed by atoms with Gasteiger partial charge in [-0.1, -0.05) is 13.8 Å². The van der Waals surface area contributed by atoms with Crippen LogP contribution in [0.25, 0.3) is 0 Å². The summed E-state index contributed by atoms with van der Waals surface area (Å²) in [7, 11) is 0. The maximum absolute atomic E-state index is 12.7. The highest BCUT2D eigenvalue weighted by atomic mass is 32.2. The third-order valence-electron chi connectivity index (χ3n) is 4.40. The zero-order chi connectivity index (χ0) is 15.8. The van der Waals surface area contributed by atoms with Gasteiger partial charge in [-0.3, -0.25) is 4.90 Å². The Balaban J connectivity index is 2.15. The number of carbonyl (C=O) groups excluding carboxylic acids is 1. The molecule has 2 aliphatic rings. The first-order chi connectivity index (χ1) is 9.76. The molecule has 21 heavy (non-hydrogen) atoms. The van der Waals surface area contributed by atoms with Crippen LogP contribution >= 0.6 is 11.8 Å². The van der Waals surface area contributed by atoms with Crippen molar-refractivity contribution >= 4 is 23.8 Å². The van der Waals surface area contributed by atoms with E-state index in [0.29, 0.717) is 12.4 Å². The van der Waals surface area contributed by atoms with E-state index in [0.717, 1.165) is 6.42 Å². The van der Waals surface area contributed by atoms with Crippen LogP contribution in [0.15, 0.2) is 0 Å². The van der Waals surface area contributed by atoms with Gasteiger partial charge in [0.05, 0.1) is 17.0 Å². The third kappa shape index (κ3) is 3.13. The Morgan fingerprint density at radius 1 is 1.48 bits per heavy atom. The first-order valence-electron chi connectivity index (χ1n) is 7.33. The summed E-state index contributed by atoms with van der Waals surface area (Å²) < 4.78 is 5.53. The summed E-state index contributed by atoms with van der Waals surface area (Å²) in [6, 6.07) is -1.06. The molecule has 2 N–H and O–H groups in total. The Hall–Kier alpha value is -0.950. The van der Waals surface area contributed by atoms with Crippen LogP contribution in [-0.4, -0.2) is 57.4 Å². The van der Waals surface area contributed by atoms with E-state index in [1.807, 2.05) is 27.7 Å². The van der Waals surface area contributed by atoms with Gasteiger partial charge in [-0.25, -0.2) is 9.59 Å². The predicted molar refractivity (Wildman–Crippen MR) is 81.3 cm³/mol. The zero-order valence-corrected chi connectivity index (χ0v) is 13.8. The van der Waals surface area contributed by atoms with Crippen LogP contribution in [0.2, 0.25) is 0 Å². The fraction of sp³-hybridized carbons (Fsp3) is 0.857. The van der Waals surface area contributed by atoms with E-state index in [-0.39, 0.29) is 23.4 Å². The number of hydrogen-bond donors (Lipinski definition) is 2. The number of carbonyl (C=O) groups is 2. The summed E-state index contributed by atoms with van der Waals surface area (Å²) in [5.41, 5.74) is -0.436. The van der Waals surface area contributed by atoms with Gasteiger partial charge in [0.25, 0.3) is 0 Å². The minimum absolute atomic E-state index is 0.0718. The van der Waals surface area contributed by atoms with Crippen molar-refractivity contribution in [2.24, 2.45) is 5.92 Å². The van der Waals surface area contributed by atoms with Crippen LogP contribution in [0.3, 0.4) is 0 Å². The van der Waals surface area contributed by atoms with Gasteiger partial charge < -0.3 is 15.2 Å². The van der Waals surface area contributed by atoms with Crippen LogP contribution in [-0.2, 0) is 9.53 Å². The molecule has 0 saturated carbocycles. The van der Waals surface area contributed by atoms with Gasteiger partial charge in [0, 0.05) is 12.4 Å².